The molecule has 0 radical (unpaired) electrons. The molecule has 1 aromatic carbocycles. The van der Waals surface area contributed by atoms with Gasteiger partial charge in [0.2, 0.25) is 11.8 Å². The summed E-state index contributed by atoms with van der Waals surface area (Å²) in [6.45, 7) is 3.14. The first-order chi connectivity index (χ1) is 17.2. The lowest BCUT2D eigenvalue weighted by Crippen LogP contribution is -2.42. The lowest BCUT2D eigenvalue weighted by Gasteiger charge is -2.30. The molecule has 0 spiro atoms. The maximum Gasteiger partial charge on any atom is 0.407 e. The monoisotopic (exact) mass is 553 g/mol. The normalized spacial score (nSPS) is 24.8. The zero-order valence-corrected chi connectivity index (χ0v) is 22.5. The van der Waals surface area contributed by atoms with E-state index in [-0.39, 0.29) is 35.8 Å². The van der Waals surface area contributed by atoms with Gasteiger partial charge >= 0.3 is 6.09 Å². The van der Waals surface area contributed by atoms with Crippen molar-refractivity contribution in [3.05, 3.63) is 57.2 Å². The molecule has 3 unspecified atom stereocenters. The van der Waals surface area contributed by atoms with Gasteiger partial charge in [0.1, 0.15) is 6.10 Å². The van der Waals surface area contributed by atoms with E-state index in [4.69, 9.17) is 44.3 Å². The number of methoxy groups -OCH3 is 1. The van der Waals surface area contributed by atoms with Gasteiger partial charge in [0.05, 0.1) is 22.2 Å². The first kappa shape index (κ1) is 26.8. The SMILES string of the molecule is COC(=O)NC1CCC(C(=O)N2CC(c3ccc(Cl)c(Cl)c3)C(C(C)Oc3ccc(Cl)cn3)C2)CC1. The third kappa shape index (κ3) is 6.36. The molecule has 1 aliphatic carbocycles. The number of halogens is 3. The van der Waals surface area contributed by atoms with E-state index in [9.17, 15) is 9.59 Å². The molecule has 0 bridgehead atoms. The van der Waals surface area contributed by atoms with E-state index in [0.29, 0.717) is 34.0 Å². The molecular formula is C26H30Cl3N3O4. The van der Waals surface area contributed by atoms with Crippen LogP contribution >= 0.6 is 34.8 Å². The van der Waals surface area contributed by atoms with Gasteiger partial charge in [-0.3, -0.25) is 4.79 Å². The summed E-state index contributed by atoms with van der Waals surface area (Å²) in [6.07, 6.45) is 3.87. The largest absolute Gasteiger partial charge is 0.474 e. The van der Waals surface area contributed by atoms with Gasteiger partial charge in [-0.05, 0) is 56.4 Å². The fraction of sp³-hybridized carbons (Fsp3) is 0.500. The number of hydrogen-bond acceptors (Lipinski definition) is 5. The van der Waals surface area contributed by atoms with E-state index in [1.165, 1.54) is 7.11 Å². The fourth-order valence-electron chi connectivity index (χ4n) is 5.26. The molecule has 1 saturated carbocycles. The number of rotatable bonds is 6. The molecule has 4 rings (SSSR count). The number of nitrogens with one attached hydrogen (secondary N) is 1. The van der Waals surface area contributed by atoms with Gasteiger partial charge in [0, 0.05) is 49.1 Å². The van der Waals surface area contributed by atoms with Gasteiger partial charge in [-0.25, -0.2) is 9.78 Å². The maximum atomic E-state index is 13.5. The number of ether oxygens (including phenoxy) is 2. The van der Waals surface area contributed by atoms with Gasteiger partial charge in [-0.15, -0.1) is 0 Å². The molecule has 2 amide bonds. The van der Waals surface area contributed by atoms with Crippen molar-refractivity contribution in [3.8, 4) is 5.88 Å². The minimum absolute atomic E-state index is 0.0287. The molecule has 2 aliphatic rings. The van der Waals surface area contributed by atoms with Crippen molar-refractivity contribution >= 4 is 46.8 Å². The van der Waals surface area contributed by atoms with Crippen LogP contribution in [0.4, 0.5) is 4.79 Å². The van der Waals surface area contributed by atoms with Crippen LogP contribution in [0.1, 0.15) is 44.1 Å². The van der Waals surface area contributed by atoms with E-state index in [0.717, 1.165) is 31.2 Å². The minimum Gasteiger partial charge on any atom is -0.474 e. The Labute approximate surface area is 226 Å². The summed E-state index contributed by atoms with van der Waals surface area (Å²) >= 11 is 18.5. The Bertz CT molecular complexity index is 1080. The van der Waals surface area contributed by atoms with E-state index in [1.807, 2.05) is 24.0 Å². The molecule has 3 atom stereocenters. The summed E-state index contributed by atoms with van der Waals surface area (Å²) in [5.41, 5.74) is 1.02. The number of carbonyl (C=O) groups is 2. The van der Waals surface area contributed by atoms with Crippen LogP contribution in [0.5, 0.6) is 5.88 Å². The fourth-order valence-corrected chi connectivity index (χ4v) is 5.68. The molecule has 1 aromatic heterocycles. The zero-order valence-electron chi connectivity index (χ0n) is 20.3. The van der Waals surface area contributed by atoms with E-state index in [2.05, 4.69) is 10.3 Å². The molecule has 1 aliphatic heterocycles. The summed E-state index contributed by atoms with van der Waals surface area (Å²) in [6, 6.07) is 9.16. The number of hydrogen-bond donors (Lipinski definition) is 1. The van der Waals surface area contributed by atoms with Crippen LogP contribution in [0.2, 0.25) is 15.1 Å². The number of alkyl carbamates (subject to hydrolysis) is 1. The Balaban J connectivity index is 1.47. The molecule has 10 heteroatoms. The Morgan fingerprint density at radius 2 is 1.81 bits per heavy atom. The lowest BCUT2D eigenvalue weighted by molar-refractivity contribution is -0.135. The van der Waals surface area contributed by atoms with Crippen molar-refractivity contribution in [1.29, 1.82) is 0 Å². The van der Waals surface area contributed by atoms with Crippen LogP contribution in [0.15, 0.2) is 36.5 Å². The highest BCUT2D eigenvalue weighted by molar-refractivity contribution is 6.42. The second kappa shape index (κ2) is 11.9. The Hall–Kier alpha value is -2.22. The lowest BCUT2D eigenvalue weighted by atomic mass is 9.85. The van der Waals surface area contributed by atoms with Crippen LogP contribution < -0.4 is 10.1 Å². The van der Waals surface area contributed by atoms with E-state index < -0.39 is 6.09 Å². The molecule has 2 aromatic rings. The quantitative estimate of drug-likeness (QED) is 0.476. The van der Waals surface area contributed by atoms with Crippen molar-refractivity contribution in [3.63, 3.8) is 0 Å². The second-order valence-corrected chi connectivity index (χ2v) is 10.8. The summed E-state index contributed by atoms with van der Waals surface area (Å²) in [4.78, 5) is 31.3. The summed E-state index contributed by atoms with van der Waals surface area (Å²) < 4.78 is 10.9. The number of nitrogens with zero attached hydrogens (tertiary/aromatic N) is 2. The molecule has 194 valence electrons. The van der Waals surface area contributed by atoms with Gasteiger partial charge in [-0.2, -0.15) is 0 Å². The van der Waals surface area contributed by atoms with Gasteiger partial charge < -0.3 is 19.7 Å². The summed E-state index contributed by atoms with van der Waals surface area (Å²) in [7, 11) is 1.35. The molecule has 7 nitrogen and oxygen atoms in total. The topological polar surface area (TPSA) is 80.8 Å². The number of aromatic nitrogens is 1. The Morgan fingerprint density at radius 3 is 2.44 bits per heavy atom. The highest BCUT2D eigenvalue weighted by atomic mass is 35.5. The standard InChI is InChI=1S/C26H30Cl3N3O4/c1-15(36-24-10-6-18(27)12-30-24)20-13-32(14-21(20)17-5-9-22(28)23(29)11-17)25(33)16-3-7-19(8-4-16)31-26(34)35-2/h5-6,9-12,15-16,19-21H,3-4,7-8,13-14H2,1-2H3,(H,31,34). The molecular weight excluding hydrogens is 525 g/mol. The smallest absolute Gasteiger partial charge is 0.407 e. The third-order valence-electron chi connectivity index (χ3n) is 7.24. The minimum atomic E-state index is -0.430. The first-order valence-corrected chi connectivity index (χ1v) is 13.2. The Morgan fingerprint density at radius 1 is 1.06 bits per heavy atom. The number of pyridine rings is 1. The zero-order chi connectivity index (χ0) is 25.8. The molecule has 2 fully saturated rings. The van der Waals surface area contributed by atoms with Crippen LogP contribution in [-0.2, 0) is 9.53 Å². The number of amides is 2. The predicted molar refractivity (Wildman–Crippen MR) is 140 cm³/mol. The second-order valence-electron chi connectivity index (χ2n) is 9.51. The third-order valence-corrected chi connectivity index (χ3v) is 8.20. The molecule has 36 heavy (non-hydrogen) atoms. The van der Waals surface area contributed by atoms with E-state index >= 15 is 0 Å². The maximum absolute atomic E-state index is 13.5. The number of likely N-dealkylation sites (tertiary alicyclic amines) is 1. The Kier molecular flexibility index (Phi) is 8.86. The van der Waals surface area contributed by atoms with Gasteiger partial charge in [0.25, 0.3) is 0 Å². The summed E-state index contributed by atoms with van der Waals surface area (Å²) in [5.74, 6) is 0.629. The number of carbonyl (C=O) groups excluding carboxylic acids is 2. The van der Waals surface area contributed by atoms with Crippen molar-refractivity contribution in [1.82, 2.24) is 15.2 Å². The van der Waals surface area contributed by atoms with Crippen LogP contribution in [0.3, 0.4) is 0 Å². The van der Waals surface area contributed by atoms with Crippen molar-refractivity contribution in [2.45, 2.75) is 50.7 Å². The molecule has 2 heterocycles. The first-order valence-electron chi connectivity index (χ1n) is 12.1. The van der Waals surface area contributed by atoms with Crippen LogP contribution in [0, 0.1) is 11.8 Å². The average molecular weight is 555 g/mol. The van der Waals surface area contributed by atoms with Crippen LogP contribution in [-0.4, -0.2) is 54.2 Å². The predicted octanol–water partition coefficient (Wildman–Crippen LogP) is 5.97. The van der Waals surface area contributed by atoms with E-state index in [1.54, 1.807) is 24.4 Å². The molecule has 1 N–H and O–H groups in total. The summed E-state index contributed by atoms with van der Waals surface area (Å²) in [5, 5.41) is 4.37. The molecule has 1 saturated heterocycles. The van der Waals surface area contributed by atoms with Crippen LogP contribution in [0.25, 0.3) is 0 Å². The van der Waals surface area contributed by atoms with Crippen molar-refractivity contribution in [2.24, 2.45) is 11.8 Å². The number of benzene rings is 1. The highest BCUT2D eigenvalue weighted by Gasteiger charge is 2.42. The van der Waals surface area contributed by atoms with Crippen molar-refractivity contribution < 1.29 is 19.1 Å². The van der Waals surface area contributed by atoms with Gasteiger partial charge in [0.15, 0.2) is 0 Å². The highest BCUT2D eigenvalue weighted by Crippen LogP contribution is 2.39. The van der Waals surface area contributed by atoms with Gasteiger partial charge in [-0.1, -0.05) is 40.9 Å². The average Bonchev–Trinajstić information content (AvgIpc) is 3.33. The van der Waals surface area contributed by atoms with Crippen molar-refractivity contribution in [2.75, 3.05) is 20.2 Å².